The van der Waals surface area contributed by atoms with Crippen molar-refractivity contribution in [2.45, 2.75) is 25.9 Å². The maximum atomic E-state index is 13.3. The predicted octanol–water partition coefficient (Wildman–Crippen LogP) is 4.45. The smallest absolute Gasteiger partial charge is 0.280 e. The molecule has 0 fully saturated rings. The van der Waals surface area contributed by atoms with Crippen LogP contribution in [0.1, 0.15) is 20.3 Å². The van der Waals surface area contributed by atoms with Gasteiger partial charge in [-0.05, 0) is 24.1 Å². The number of benzene rings is 2. The highest BCUT2D eigenvalue weighted by molar-refractivity contribution is 7.68. The van der Waals surface area contributed by atoms with Gasteiger partial charge in [0.15, 0.2) is 0 Å². The molecule has 0 aliphatic carbocycles. The van der Waals surface area contributed by atoms with Gasteiger partial charge in [-0.3, -0.25) is 4.57 Å². The van der Waals surface area contributed by atoms with Gasteiger partial charge < -0.3 is 4.52 Å². The van der Waals surface area contributed by atoms with E-state index in [-0.39, 0.29) is 5.66 Å². The fourth-order valence-corrected chi connectivity index (χ4v) is 5.01. The monoisotopic (exact) mass is 272 g/mol. The zero-order valence-corrected chi connectivity index (χ0v) is 12.1. The van der Waals surface area contributed by atoms with E-state index in [0.717, 1.165) is 28.6 Å². The Labute approximate surface area is 113 Å². The molecule has 3 rings (SSSR count). The van der Waals surface area contributed by atoms with Crippen LogP contribution in [0.2, 0.25) is 0 Å². The van der Waals surface area contributed by atoms with E-state index in [0.29, 0.717) is 0 Å². The van der Waals surface area contributed by atoms with E-state index in [2.05, 4.69) is 6.92 Å². The van der Waals surface area contributed by atoms with E-state index < -0.39 is 7.37 Å². The lowest BCUT2D eigenvalue weighted by molar-refractivity contribution is 0.478. The van der Waals surface area contributed by atoms with Crippen LogP contribution in [0.4, 0.5) is 0 Å². The Morgan fingerprint density at radius 1 is 1.05 bits per heavy atom. The maximum Gasteiger partial charge on any atom is 0.280 e. The fraction of sp³-hybridized carbons (Fsp3) is 0.250. The molecule has 0 bridgehead atoms. The van der Waals surface area contributed by atoms with Crippen LogP contribution in [0.25, 0.3) is 11.1 Å². The Balaban J connectivity index is 2.28. The second kappa shape index (κ2) is 4.54. The third-order valence-corrected chi connectivity index (χ3v) is 6.88. The predicted molar refractivity (Wildman–Crippen MR) is 79.5 cm³/mol. The standard InChI is InChI=1S/C16H17O2P/c1-3-12(2)19(17)16-11-7-5-9-14(16)13-8-4-6-10-15(13)18-19/h4-12H,3H2,1-2H3. The van der Waals surface area contributed by atoms with Gasteiger partial charge in [0.1, 0.15) is 5.75 Å². The summed E-state index contributed by atoms with van der Waals surface area (Å²) < 4.78 is 19.3. The lowest BCUT2D eigenvalue weighted by atomic mass is 10.0. The van der Waals surface area contributed by atoms with Crippen molar-refractivity contribution in [3.8, 4) is 16.9 Å². The van der Waals surface area contributed by atoms with Crippen LogP contribution >= 0.6 is 7.37 Å². The van der Waals surface area contributed by atoms with E-state index in [1.54, 1.807) is 0 Å². The molecule has 19 heavy (non-hydrogen) atoms. The Kier molecular flexibility index (Phi) is 2.99. The second-order valence-electron chi connectivity index (χ2n) is 4.96. The van der Waals surface area contributed by atoms with Gasteiger partial charge >= 0.3 is 0 Å². The van der Waals surface area contributed by atoms with Gasteiger partial charge in [0.05, 0.1) is 5.30 Å². The number of para-hydroxylation sites is 1. The molecular weight excluding hydrogens is 255 g/mol. The van der Waals surface area contributed by atoms with Crippen molar-refractivity contribution < 1.29 is 9.09 Å². The van der Waals surface area contributed by atoms with Gasteiger partial charge in [-0.15, -0.1) is 0 Å². The minimum atomic E-state index is -2.83. The number of hydrogen-bond acceptors (Lipinski definition) is 2. The van der Waals surface area contributed by atoms with Crippen LogP contribution in [0.15, 0.2) is 48.5 Å². The minimum Gasteiger partial charge on any atom is -0.439 e. The number of rotatable bonds is 2. The van der Waals surface area contributed by atoms with Crippen LogP contribution < -0.4 is 9.83 Å². The molecular formula is C16H17O2P. The Hall–Kier alpha value is -1.53. The zero-order valence-electron chi connectivity index (χ0n) is 11.2. The molecule has 0 aromatic heterocycles. The van der Waals surface area contributed by atoms with E-state index in [1.807, 2.05) is 55.5 Å². The molecule has 2 nitrogen and oxygen atoms in total. The van der Waals surface area contributed by atoms with Crippen molar-refractivity contribution in [2.24, 2.45) is 0 Å². The number of fused-ring (bicyclic) bond motifs is 3. The third-order valence-electron chi connectivity index (χ3n) is 3.82. The average molecular weight is 272 g/mol. The first-order valence-electron chi connectivity index (χ1n) is 6.65. The zero-order chi connectivity index (χ0) is 13.5. The highest BCUT2D eigenvalue weighted by Crippen LogP contribution is 2.58. The first kappa shape index (κ1) is 12.5. The first-order chi connectivity index (χ1) is 9.16. The number of hydrogen-bond donors (Lipinski definition) is 0. The third kappa shape index (κ3) is 1.82. The van der Waals surface area contributed by atoms with Crippen molar-refractivity contribution in [1.82, 2.24) is 0 Å². The van der Waals surface area contributed by atoms with Gasteiger partial charge in [0.2, 0.25) is 0 Å². The summed E-state index contributed by atoms with van der Waals surface area (Å²) in [7, 11) is -2.83. The summed E-state index contributed by atoms with van der Waals surface area (Å²) >= 11 is 0. The van der Waals surface area contributed by atoms with Crippen LogP contribution in [-0.4, -0.2) is 5.66 Å². The Morgan fingerprint density at radius 3 is 2.42 bits per heavy atom. The van der Waals surface area contributed by atoms with E-state index in [9.17, 15) is 4.57 Å². The molecule has 2 unspecified atom stereocenters. The Bertz CT molecular complexity index is 663. The molecule has 2 aromatic carbocycles. The summed E-state index contributed by atoms with van der Waals surface area (Å²) in [5.41, 5.74) is 2.11. The lowest BCUT2D eigenvalue weighted by Crippen LogP contribution is -2.23. The molecule has 0 saturated carbocycles. The van der Waals surface area contributed by atoms with Gasteiger partial charge in [-0.2, -0.15) is 0 Å². The molecule has 2 aromatic rings. The van der Waals surface area contributed by atoms with Crippen molar-refractivity contribution >= 4 is 12.7 Å². The van der Waals surface area contributed by atoms with Crippen LogP contribution in [0.5, 0.6) is 5.75 Å². The van der Waals surface area contributed by atoms with E-state index >= 15 is 0 Å². The SMILES string of the molecule is CCC(C)P1(=O)Oc2ccccc2-c2ccccc21. The molecule has 0 N–H and O–H groups in total. The topological polar surface area (TPSA) is 26.3 Å². The van der Waals surface area contributed by atoms with Gasteiger partial charge in [-0.25, -0.2) is 0 Å². The largest absolute Gasteiger partial charge is 0.439 e. The van der Waals surface area contributed by atoms with E-state index in [4.69, 9.17) is 4.52 Å². The van der Waals surface area contributed by atoms with Crippen molar-refractivity contribution in [3.63, 3.8) is 0 Å². The highest BCUT2D eigenvalue weighted by atomic mass is 31.2. The Morgan fingerprint density at radius 2 is 1.68 bits per heavy atom. The molecule has 1 aliphatic rings. The molecule has 0 saturated heterocycles. The highest BCUT2D eigenvalue weighted by Gasteiger charge is 2.39. The van der Waals surface area contributed by atoms with Crippen molar-refractivity contribution in [3.05, 3.63) is 48.5 Å². The minimum absolute atomic E-state index is 0.0296. The molecule has 0 amide bonds. The second-order valence-corrected chi connectivity index (χ2v) is 7.70. The molecule has 3 heteroatoms. The maximum absolute atomic E-state index is 13.3. The fourth-order valence-electron chi connectivity index (χ4n) is 2.50. The van der Waals surface area contributed by atoms with E-state index in [1.165, 1.54) is 0 Å². The molecule has 1 aliphatic heterocycles. The van der Waals surface area contributed by atoms with Crippen LogP contribution in [0.3, 0.4) is 0 Å². The van der Waals surface area contributed by atoms with Gasteiger partial charge in [0.25, 0.3) is 7.37 Å². The lowest BCUT2D eigenvalue weighted by Gasteiger charge is -2.31. The summed E-state index contributed by atoms with van der Waals surface area (Å²) in [6, 6.07) is 15.7. The van der Waals surface area contributed by atoms with Crippen molar-refractivity contribution in [2.75, 3.05) is 0 Å². The molecule has 0 spiro atoms. The summed E-state index contributed by atoms with van der Waals surface area (Å²) in [4.78, 5) is 0. The average Bonchev–Trinajstić information content (AvgIpc) is 2.47. The van der Waals surface area contributed by atoms with Crippen LogP contribution in [-0.2, 0) is 4.57 Å². The summed E-state index contributed by atoms with van der Waals surface area (Å²) in [5, 5.41) is 0.864. The molecule has 98 valence electrons. The molecule has 2 atom stereocenters. The summed E-state index contributed by atoms with van der Waals surface area (Å²) in [6.07, 6.45) is 0.841. The first-order valence-corrected chi connectivity index (χ1v) is 8.34. The van der Waals surface area contributed by atoms with Crippen molar-refractivity contribution in [1.29, 1.82) is 0 Å². The molecule has 0 radical (unpaired) electrons. The van der Waals surface area contributed by atoms with Gasteiger partial charge in [-0.1, -0.05) is 50.2 Å². The summed E-state index contributed by atoms with van der Waals surface area (Å²) in [6.45, 7) is 4.06. The normalized spacial score (nSPS) is 22.0. The molecule has 1 heterocycles. The van der Waals surface area contributed by atoms with Gasteiger partial charge in [0, 0.05) is 11.2 Å². The summed E-state index contributed by atoms with van der Waals surface area (Å²) in [5.74, 6) is 0.741. The quantitative estimate of drug-likeness (QED) is 0.755. The van der Waals surface area contributed by atoms with Crippen LogP contribution in [0, 0.1) is 0 Å².